The van der Waals surface area contributed by atoms with Crippen LogP contribution >= 0.6 is 0 Å². The second-order valence-electron chi connectivity index (χ2n) is 3.61. The van der Waals surface area contributed by atoms with Crippen molar-refractivity contribution in [2.75, 3.05) is 17.7 Å². The molecule has 2 N–H and O–H groups in total. The number of anilines is 2. The highest BCUT2D eigenvalue weighted by atomic mass is 16.2. The molecule has 19 heavy (non-hydrogen) atoms. The third-order valence-corrected chi connectivity index (χ3v) is 2.29. The first kappa shape index (κ1) is 14.4. The molecular formula is C13H16N4O2. The van der Waals surface area contributed by atoms with Gasteiger partial charge in [-0.25, -0.2) is 0 Å². The van der Waals surface area contributed by atoms with Crippen LogP contribution in [0.2, 0.25) is 0 Å². The molecule has 6 heteroatoms. The van der Waals surface area contributed by atoms with Crippen molar-refractivity contribution in [3.05, 3.63) is 47.9 Å². The summed E-state index contributed by atoms with van der Waals surface area (Å²) >= 11 is 0. The summed E-state index contributed by atoms with van der Waals surface area (Å²) in [4.78, 5) is 23.4. The fourth-order valence-electron chi connectivity index (χ4n) is 1.47. The van der Waals surface area contributed by atoms with Crippen LogP contribution in [-0.2, 0) is 4.79 Å². The van der Waals surface area contributed by atoms with Gasteiger partial charge in [0, 0.05) is 14.0 Å². The Kier molecular flexibility index (Phi) is 4.82. The molecule has 1 aromatic rings. The fourth-order valence-corrected chi connectivity index (χ4v) is 1.47. The van der Waals surface area contributed by atoms with Crippen molar-refractivity contribution in [1.82, 2.24) is 9.78 Å². The Labute approximate surface area is 111 Å². The maximum Gasteiger partial charge on any atom is 0.297 e. The third kappa shape index (κ3) is 3.19. The lowest BCUT2D eigenvalue weighted by Crippen LogP contribution is -2.27. The van der Waals surface area contributed by atoms with Crippen LogP contribution in [0.15, 0.2) is 42.4 Å². The minimum absolute atomic E-state index is 0.141. The van der Waals surface area contributed by atoms with Crippen LogP contribution < -0.4 is 16.2 Å². The monoisotopic (exact) mass is 260 g/mol. The normalized spacial score (nSPS) is 10.7. The molecule has 0 atom stereocenters. The minimum Gasteiger partial charge on any atom is -0.385 e. The summed E-state index contributed by atoms with van der Waals surface area (Å²) in [5.74, 6) is -0.334. The molecule has 0 aliphatic rings. The van der Waals surface area contributed by atoms with Gasteiger partial charge in [0.05, 0.1) is 17.6 Å². The molecule has 0 aliphatic carbocycles. The van der Waals surface area contributed by atoms with Crippen molar-refractivity contribution >= 4 is 23.0 Å². The largest absolute Gasteiger partial charge is 0.385 e. The van der Waals surface area contributed by atoms with Gasteiger partial charge in [-0.3, -0.25) is 9.59 Å². The second-order valence-corrected chi connectivity index (χ2v) is 3.61. The topological polar surface area (TPSA) is 76.0 Å². The zero-order chi connectivity index (χ0) is 14.4. The first-order valence-electron chi connectivity index (χ1n) is 5.58. The van der Waals surface area contributed by atoms with Crippen molar-refractivity contribution in [2.24, 2.45) is 0 Å². The molecule has 0 aliphatic heterocycles. The van der Waals surface area contributed by atoms with Crippen LogP contribution in [0.5, 0.6) is 0 Å². The highest BCUT2D eigenvalue weighted by Crippen LogP contribution is 2.15. The van der Waals surface area contributed by atoms with Gasteiger partial charge in [0.25, 0.3) is 5.56 Å². The van der Waals surface area contributed by atoms with Crippen molar-refractivity contribution in [1.29, 1.82) is 0 Å². The number of hydrogen-bond acceptors (Lipinski definition) is 4. The lowest BCUT2D eigenvalue weighted by atomic mass is 10.3. The zero-order valence-corrected chi connectivity index (χ0v) is 10.9. The van der Waals surface area contributed by atoms with Crippen molar-refractivity contribution in [2.45, 2.75) is 6.92 Å². The molecular weight excluding hydrogens is 244 g/mol. The Balaban J connectivity index is 3.50. The van der Waals surface area contributed by atoms with E-state index in [2.05, 4.69) is 28.9 Å². The first-order valence-corrected chi connectivity index (χ1v) is 5.58. The standard InChI is InChI=1S/C13H16N4O2/c1-5-7-10(6-2)17-13(19)12(16-9(3)18)11(14-4)8-15-17/h5-8,14H,1-2H2,3-4H3,(H,16,18)/b10-7+. The number of nitrogens with zero attached hydrogens (tertiary/aromatic N) is 2. The molecule has 100 valence electrons. The number of amides is 1. The van der Waals surface area contributed by atoms with Crippen molar-refractivity contribution in [3.63, 3.8) is 0 Å². The summed E-state index contributed by atoms with van der Waals surface area (Å²) in [6.07, 6.45) is 6.05. The predicted octanol–water partition coefficient (Wildman–Crippen LogP) is 1.46. The van der Waals surface area contributed by atoms with Gasteiger partial charge in [0.1, 0.15) is 5.69 Å². The van der Waals surface area contributed by atoms with Crippen LogP contribution in [-0.4, -0.2) is 22.7 Å². The van der Waals surface area contributed by atoms with E-state index in [1.54, 1.807) is 13.1 Å². The van der Waals surface area contributed by atoms with Gasteiger partial charge in [-0.2, -0.15) is 9.78 Å². The van der Waals surface area contributed by atoms with Gasteiger partial charge < -0.3 is 10.6 Å². The van der Waals surface area contributed by atoms with E-state index in [0.717, 1.165) is 4.68 Å². The van der Waals surface area contributed by atoms with E-state index in [0.29, 0.717) is 11.4 Å². The lowest BCUT2D eigenvalue weighted by Gasteiger charge is -2.11. The van der Waals surface area contributed by atoms with E-state index in [9.17, 15) is 9.59 Å². The SMILES string of the molecule is C=C/C=C(\C=C)n1ncc(NC)c(NC(C)=O)c1=O. The maximum atomic E-state index is 12.3. The molecule has 0 aromatic carbocycles. The Morgan fingerprint density at radius 3 is 2.63 bits per heavy atom. The molecule has 6 nitrogen and oxygen atoms in total. The van der Waals surface area contributed by atoms with Gasteiger partial charge in [-0.1, -0.05) is 19.2 Å². The molecule has 1 aromatic heterocycles. The van der Waals surface area contributed by atoms with Crippen molar-refractivity contribution in [3.8, 4) is 0 Å². The summed E-state index contributed by atoms with van der Waals surface area (Å²) in [7, 11) is 1.64. The molecule has 0 radical (unpaired) electrons. The zero-order valence-electron chi connectivity index (χ0n) is 10.9. The summed E-state index contributed by atoms with van der Waals surface area (Å²) in [5, 5.41) is 9.30. The van der Waals surface area contributed by atoms with Gasteiger partial charge in [-0.15, -0.1) is 0 Å². The minimum atomic E-state index is -0.449. The quantitative estimate of drug-likeness (QED) is 0.786. The number of nitrogens with one attached hydrogen (secondary N) is 2. The fraction of sp³-hybridized carbons (Fsp3) is 0.154. The Hall–Kier alpha value is -2.63. The average molecular weight is 260 g/mol. The lowest BCUT2D eigenvalue weighted by molar-refractivity contribution is -0.114. The molecule has 0 bridgehead atoms. The summed E-state index contributed by atoms with van der Waals surface area (Å²) in [6.45, 7) is 8.50. The van der Waals surface area contributed by atoms with Gasteiger partial charge in [0.2, 0.25) is 5.91 Å². The van der Waals surface area contributed by atoms with Gasteiger partial charge in [0.15, 0.2) is 0 Å². The number of rotatable bonds is 5. The number of allylic oxidation sites excluding steroid dienone is 4. The van der Waals surface area contributed by atoms with E-state index in [1.165, 1.54) is 25.3 Å². The molecule has 0 saturated heterocycles. The maximum absolute atomic E-state index is 12.3. The van der Waals surface area contributed by atoms with E-state index in [4.69, 9.17) is 0 Å². The second kappa shape index (κ2) is 6.34. The van der Waals surface area contributed by atoms with Crippen LogP contribution in [0.3, 0.4) is 0 Å². The molecule has 1 heterocycles. The first-order chi connectivity index (χ1) is 9.04. The van der Waals surface area contributed by atoms with Crippen LogP contribution in [0.1, 0.15) is 6.92 Å². The van der Waals surface area contributed by atoms with E-state index < -0.39 is 5.56 Å². The van der Waals surface area contributed by atoms with Crippen molar-refractivity contribution < 1.29 is 4.79 Å². The van der Waals surface area contributed by atoms with Crippen LogP contribution in [0.4, 0.5) is 11.4 Å². The number of aromatic nitrogens is 2. The summed E-state index contributed by atoms with van der Waals surface area (Å²) in [6, 6.07) is 0. The van der Waals surface area contributed by atoms with Crippen LogP contribution in [0, 0.1) is 0 Å². The smallest absolute Gasteiger partial charge is 0.297 e. The molecule has 0 saturated carbocycles. The number of carbonyl (C=O) groups excluding carboxylic acids is 1. The third-order valence-electron chi connectivity index (χ3n) is 2.29. The number of hydrogen-bond donors (Lipinski definition) is 2. The molecule has 1 rings (SSSR count). The summed E-state index contributed by atoms with van der Waals surface area (Å²) < 4.78 is 1.14. The Morgan fingerprint density at radius 1 is 1.47 bits per heavy atom. The highest BCUT2D eigenvalue weighted by molar-refractivity contribution is 5.92. The Bertz CT molecular complexity index is 599. The Morgan fingerprint density at radius 2 is 2.16 bits per heavy atom. The van der Waals surface area contributed by atoms with Gasteiger partial charge in [-0.05, 0) is 12.2 Å². The van der Waals surface area contributed by atoms with E-state index >= 15 is 0 Å². The highest BCUT2D eigenvalue weighted by Gasteiger charge is 2.12. The molecule has 0 unspecified atom stereocenters. The number of carbonyl (C=O) groups is 1. The predicted molar refractivity (Wildman–Crippen MR) is 77.0 cm³/mol. The van der Waals surface area contributed by atoms with Crippen LogP contribution in [0.25, 0.3) is 5.70 Å². The average Bonchev–Trinajstić information content (AvgIpc) is 2.38. The van der Waals surface area contributed by atoms with E-state index in [-0.39, 0.29) is 11.6 Å². The molecule has 1 amide bonds. The van der Waals surface area contributed by atoms with Gasteiger partial charge >= 0.3 is 0 Å². The molecule has 0 fully saturated rings. The summed E-state index contributed by atoms with van der Waals surface area (Å²) in [5.41, 5.74) is 0.601. The van der Waals surface area contributed by atoms with E-state index in [1.807, 2.05) is 0 Å². The molecule has 0 spiro atoms.